The lowest BCUT2D eigenvalue weighted by Gasteiger charge is -2.23. The molecule has 1 atom stereocenters. The number of aliphatic hydroxyl groups is 1. The average Bonchev–Trinajstić information content (AvgIpc) is 2.44. The predicted octanol–water partition coefficient (Wildman–Crippen LogP) is 1.86. The number of nitrogens with zero attached hydrogens (tertiary/aromatic N) is 2. The Balaban J connectivity index is 3.02. The maximum atomic E-state index is 11.4. The molecule has 0 aliphatic heterocycles. The molecule has 0 spiro atoms. The number of anilines is 2. The Morgan fingerprint density at radius 2 is 2.24 bits per heavy atom. The molecule has 1 rings (SSSR count). The van der Waals surface area contributed by atoms with Gasteiger partial charge in [-0.3, -0.25) is 10.1 Å². The lowest BCUT2D eigenvalue weighted by molar-refractivity contribution is -0.383. The Labute approximate surface area is 124 Å². The molecule has 1 aromatic rings. The molecule has 0 aliphatic carbocycles. The van der Waals surface area contributed by atoms with Crippen LogP contribution in [0.25, 0.3) is 0 Å². The van der Waals surface area contributed by atoms with Crippen LogP contribution in [-0.2, 0) is 4.74 Å². The summed E-state index contributed by atoms with van der Waals surface area (Å²) in [4.78, 5) is 12.6. The lowest BCUT2D eigenvalue weighted by Crippen LogP contribution is -2.32. The van der Waals surface area contributed by atoms with Gasteiger partial charge in [-0.25, -0.2) is 0 Å². The molecule has 21 heavy (non-hydrogen) atoms. The summed E-state index contributed by atoms with van der Waals surface area (Å²) in [5, 5.41) is 24.2. The first-order valence-corrected chi connectivity index (χ1v) is 6.90. The number of nitro groups is 1. The molecular formula is C14H23N3O4. The molecule has 1 aromatic carbocycles. The van der Waals surface area contributed by atoms with E-state index in [2.05, 4.69) is 5.32 Å². The minimum absolute atomic E-state index is 0.0260. The van der Waals surface area contributed by atoms with Crippen molar-refractivity contribution in [3.63, 3.8) is 0 Å². The van der Waals surface area contributed by atoms with Gasteiger partial charge in [0.05, 0.1) is 17.6 Å². The molecule has 0 aliphatic rings. The topological polar surface area (TPSA) is 87.9 Å². The van der Waals surface area contributed by atoms with Gasteiger partial charge in [-0.1, -0.05) is 13.0 Å². The van der Waals surface area contributed by atoms with E-state index in [0.29, 0.717) is 17.9 Å². The van der Waals surface area contributed by atoms with Crippen molar-refractivity contribution in [1.29, 1.82) is 0 Å². The average molecular weight is 297 g/mol. The van der Waals surface area contributed by atoms with E-state index in [9.17, 15) is 15.2 Å². The third kappa shape index (κ3) is 4.87. The number of hydrogen-bond acceptors (Lipinski definition) is 6. The summed E-state index contributed by atoms with van der Waals surface area (Å²) in [7, 11) is 3.21. The Morgan fingerprint density at radius 1 is 1.52 bits per heavy atom. The van der Waals surface area contributed by atoms with Crippen LogP contribution < -0.4 is 10.2 Å². The van der Waals surface area contributed by atoms with Crippen molar-refractivity contribution >= 4 is 17.1 Å². The van der Waals surface area contributed by atoms with Gasteiger partial charge >= 0.3 is 5.69 Å². The van der Waals surface area contributed by atoms with Gasteiger partial charge in [-0.15, -0.1) is 0 Å². The number of benzene rings is 1. The van der Waals surface area contributed by atoms with Crippen LogP contribution >= 0.6 is 0 Å². The van der Waals surface area contributed by atoms with Gasteiger partial charge in [-0.05, 0) is 18.6 Å². The van der Waals surface area contributed by atoms with Crippen molar-refractivity contribution < 1.29 is 14.8 Å². The normalized spacial score (nSPS) is 12.0. The van der Waals surface area contributed by atoms with Crippen LogP contribution in [0.2, 0.25) is 0 Å². The van der Waals surface area contributed by atoms with Crippen molar-refractivity contribution in [3.05, 3.63) is 28.3 Å². The molecular weight excluding hydrogens is 274 g/mol. The molecule has 0 saturated heterocycles. The molecule has 0 fully saturated rings. The van der Waals surface area contributed by atoms with Crippen LogP contribution in [0.1, 0.15) is 13.3 Å². The summed E-state index contributed by atoms with van der Waals surface area (Å²) >= 11 is 0. The van der Waals surface area contributed by atoms with E-state index in [1.165, 1.54) is 7.11 Å². The predicted molar refractivity (Wildman–Crippen MR) is 83.0 cm³/mol. The number of nitrogens with one attached hydrogen (secondary N) is 1. The molecule has 0 bridgehead atoms. The van der Waals surface area contributed by atoms with Gasteiger partial charge in [0.1, 0.15) is 11.4 Å². The molecule has 7 nitrogen and oxygen atoms in total. The zero-order valence-electron chi connectivity index (χ0n) is 12.7. The molecule has 0 heterocycles. The van der Waals surface area contributed by atoms with Crippen molar-refractivity contribution in [1.82, 2.24) is 0 Å². The Kier molecular flexibility index (Phi) is 6.90. The maximum Gasteiger partial charge on any atom is 0.315 e. The minimum Gasteiger partial charge on any atom is -0.389 e. The Morgan fingerprint density at radius 3 is 2.81 bits per heavy atom. The van der Waals surface area contributed by atoms with Crippen molar-refractivity contribution in [2.75, 3.05) is 44.1 Å². The molecule has 1 unspecified atom stereocenters. The fraction of sp³-hybridized carbons (Fsp3) is 0.571. The number of likely N-dealkylation sites (N-methyl/N-ethyl adjacent to an activating group) is 1. The van der Waals surface area contributed by atoms with E-state index in [1.807, 2.05) is 6.92 Å². The second-order valence-electron chi connectivity index (χ2n) is 4.85. The highest BCUT2D eigenvalue weighted by Crippen LogP contribution is 2.34. The molecule has 0 amide bonds. The van der Waals surface area contributed by atoms with Gasteiger partial charge in [0.25, 0.3) is 0 Å². The van der Waals surface area contributed by atoms with E-state index in [-0.39, 0.29) is 18.8 Å². The number of nitro benzene ring substituents is 1. The van der Waals surface area contributed by atoms with Crippen LogP contribution in [-0.4, -0.2) is 50.0 Å². The number of hydrogen-bond donors (Lipinski definition) is 2. The number of methoxy groups -OCH3 is 1. The SMILES string of the molecule is CCCNc1cccc(N(C)CC(O)COC)c1[N+](=O)[O-]. The lowest BCUT2D eigenvalue weighted by atomic mass is 10.2. The zero-order chi connectivity index (χ0) is 15.8. The van der Waals surface area contributed by atoms with E-state index in [0.717, 1.165) is 6.42 Å². The molecule has 0 radical (unpaired) electrons. The number of aliphatic hydroxyl groups excluding tert-OH is 1. The van der Waals surface area contributed by atoms with E-state index >= 15 is 0 Å². The first-order chi connectivity index (χ1) is 10.0. The first kappa shape index (κ1) is 17.2. The molecule has 118 valence electrons. The number of ether oxygens (including phenoxy) is 1. The molecule has 7 heteroatoms. The maximum absolute atomic E-state index is 11.4. The van der Waals surface area contributed by atoms with E-state index < -0.39 is 11.0 Å². The van der Waals surface area contributed by atoms with Gasteiger partial charge in [0.15, 0.2) is 0 Å². The second-order valence-corrected chi connectivity index (χ2v) is 4.85. The second kappa shape index (κ2) is 8.43. The summed E-state index contributed by atoms with van der Waals surface area (Å²) in [6, 6.07) is 5.13. The van der Waals surface area contributed by atoms with Crippen LogP contribution in [0.5, 0.6) is 0 Å². The third-order valence-electron chi connectivity index (χ3n) is 3.02. The summed E-state index contributed by atoms with van der Waals surface area (Å²) in [5.74, 6) is 0. The highest BCUT2D eigenvalue weighted by Gasteiger charge is 2.23. The standard InChI is InChI=1S/C14H23N3O4/c1-4-8-15-12-6-5-7-13(14(12)17(19)20)16(2)9-11(18)10-21-3/h5-7,11,15,18H,4,8-10H2,1-3H3. The van der Waals surface area contributed by atoms with Crippen LogP contribution in [0.15, 0.2) is 18.2 Å². The minimum atomic E-state index is -0.702. The highest BCUT2D eigenvalue weighted by atomic mass is 16.6. The summed E-state index contributed by atoms with van der Waals surface area (Å²) in [6.45, 7) is 3.11. The van der Waals surface area contributed by atoms with Gasteiger partial charge in [0.2, 0.25) is 0 Å². The molecule has 2 N–H and O–H groups in total. The quantitative estimate of drug-likeness (QED) is 0.534. The summed E-state index contributed by atoms with van der Waals surface area (Å²) in [5.41, 5.74) is 0.988. The largest absolute Gasteiger partial charge is 0.389 e. The molecule has 0 saturated carbocycles. The number of rotatable bonds is 9. The zero-order valence-corrected chi connectivity index (χ0v) is 12.7. The third-order valence-corrected chi connectivity index (χ3v) is 3.02. The summed E-state index contributed by atoms with van der Waals surface area (Å²) < 4.78 is 4.87. The Hall–Kier alpha value is -1.86. The number of para-hydroxylation sites is 1. The van der Waals surface area contributed by atoms with Gasteiger partial charge < -0.3 is 20.1 Å². The van der Waals surface area contributed by atoms with Crippen LogP contribution in [0.3, 0.4) is 0 Å². The van der Waals surface area contributed by atoms with Crippen molar-refractivity contribution in [3.8, 4) is 0 Å². The van der Waals surface area contributed by atoms with Gasteiger partial charge in [-0.2, -0.15) is 0 Å². The fourth-order valence-electron chi connectivity index (χ4n) is 2.09. The van der Waals surface area contributed by atoms with Gasteiger partial charge in [0, 0.05) is 27.2 Å². The molecule has 0 aromatic heterocycles. The Bertz CT molecular complexity index is 468. The monoisotopic (exact) mass is 297 g/mol. The van der Waals surface area contributed by atoms with Crippen molar-refractivity contribution in [2.45, 2.75) is 19.4 Å². The van der Waals surface area contributed by atoms with Crippen LogP contribution in [0.4, 0.5) is 17.1 Å². The smallest absolute Gasteiger partial charge is 0.315 e. The fourth-order valence-corrected chi connectivity index (χ4v) is 2.09. The van der Waals surface area contributed by atoms with Crippen molar-refractivity contribution in [2.24, 2.45) is 0 Å². The summed E-state index contributed by atoms with van der Waals surface area (Å²) in [6.07, 6.45) is 0.177. The van der Waals surface area contributed by atoms with E-state index in [1.54, 1.807) is 30.1 Å². The van der Waals surface area contributed by atoms with Crippen LogP contribution in [0, 0.1) is 10.1 Å². The van der Waals surface area contributed by atoms with E-state index in [4.69, 9.17) is 4.74 Å². The first-order valence-electron chi connectivity index (χ1n) is 6.90. The highest BCUT2D eigenvalue weighted by molar-refractivity contribution is 5.76.